The summed E-state index contributed by atoms with van der Waals surface area (Å²) in [7, 11) is 0. The molecular weight excluding hydrogens is 278 g/mol. The number of carbonyl (C=O) groups excluding carboxylic acids is 1. The van der Waals surface area contributed by atoms with Gasteiger partial charge in [0, 0.05) is 19.1 Å². The van der Waals surface area contributed by atoms with Gasteiger partial charge < -0.3 is 15.0 Å². The van der Waals surface area contributed by atoms with Crippen LogP contribution in [0.4, 0.5) is 19.3 Å². The van der Waals surface area contributed by atoms with Crippen LogP contribution in [-0.2, 0) is 4.74 Å². The minimum absolute atomic E-state index is 0.145. The number of amides is 1. The third-order valence-electron chi connectivity index (χ3n) is 3.15. The van der Waals surface area contributed by atoms with Gasteiger partial charge in [-0.25, -0.2) is 13.6 Å². The molecule has 4 nitrogen and oxygen atoms in total. The quantitative estimate of drug-likeness (QED) is 0.910. The number of hydrogen-bond acceptors (Lipinski definition) is 3. The zero-order valence-electron chi connectivity index (χ0n) is 12.5. The van der Waals surface area contributed by atoms with Gasteiger partial charge >= 0.3 is 6.09 Å². The SMILES string of the molecule is CC(C)(C)OC(=O)N1CCC(Nc2c(F)cccc2F)C1. The maximum absolute atomic E-state index is 13.6. The Balaban J connectivity index is 1.95. The second-order valence-corrected chi connectivity index (χ2v) is 6.15. The first-order chi connectivity index (χ1) is 9.76. The minimum atomic E-state index is -0.634. The summed E-state index contributed by atoms with van der Waals surface area (Å²) in [5, 5.41) is 2.83. The van der Waals surface area contributed by atoms with E-state index in [1.165, 1.54) is 18.2 Å². The molecule has 21 heavy (non-hydrogen) atoms. The van der Waals surface area contributed by atoms with E-state index in [1.54, 1.807) is 25.7 Å². The summed E-state index contributed by atoms with van der Waals surface area (Å²) in [6.45, 7) is 6.26. The third kappa shape index (κ3) is 4.06. The molecule has 0 radical (unpaired) electrons. The fraction of sp³-hybridized carbons (Fsp3) is 0.533. The van der Waals surface area contributed by atoms with Crippen LogP contribution in [0, 0.1) is 11.6 Å². The summed E-state index contributed by atoms with van der Waals surface area (Å²) in [4.78, 5) is 13.5. The molecular formula is C15H20F2N2O2. The summed E-state index contributed by atoms with van der Waals surface area (Å²) < 4.78 is 32.4. The lowest BCUT2D eigenvalue weighted by Gasteiger charge is -2.24. The summed E-state index contributed by atoms with van der Waals surface area (Å²) in [6, 6.07) is 3.53. The monoisotopic (exact) mass is 298 g/mol. The molecule has 1 aromatic rings. The lowest BCUT2D eigenvalue weighted by Crippen LogP contribution is -2.36. The maximum Gasteiger partial charge on any atom is 0.410 e. The Bertz CT molecular complexity index is 509. The van der Waals surface area contributed by atoms with Crippen molar-refractivity contribution in [1.82, 2.24) is 4.90 Å². The van der Waals surface area contributed by atoms with Gasteiger partial charge in [0.05, 0.1) is 0 Å². The highest BCUT2D eigenvalue weighted by Crippen LogP contribution is 2.23. The van der Waals surface area contributed by atoms with Crippen molar-refractivity contribution in [2.45, 2.75) is 38.8 Å². The van der Waals surface area contributed by atoms with E-state index in [0.717, 1.165) is 0 Å². The van der Waals surface area contributed by atoms with E-state index in [4.69, 9.17) is 4.74 Å². The number of hydrogen-bond donors (Lipinski definition) is 1. The number of halogens is 2. The van der Waals surface area contributed by atoms with E-state index in [2.05, 4.69) is 5.32 Å². The van der Waals surface area contributed by atoms with Crippen LogP contribution in [0.25, 0.3) is 0 Å². The topological polar surface area (TPSA) is 41.6 Å². The summed E-state index contributed by atoms with van der Waals surface area (Å²) in [5.41, 5.74) is -0.700. The highest BCUT2D eigenvalue weighted by Gasteiger charge is 2.30. The standard InChI is InChI=1S/C15H20F2N2O2/c1-15(2,3)21-14(20)19-8-7-10(9-19)18-13-11(16)5-4-6-12(13)17/h4-6,10,18H,7-9H2,1-3H3. The number of benzene rings is 1. The molecule has 1 aliphatic rings. The lowest BCUT2D eigenvalue weighted by molar-refractivity contribution is 0.0293. The Labute approximate surface area is 123 Å². The maximum atomic E-state index is 13.6. The summed E-state index contributed by atoms with van der Waals surface area (Å²) in [5.74, 6) is -1.27. The Morgan fingerprint density at radius 1 is 1.33 bits per heavy atom. The molecule has 116 valence electrons. The first-order valence-corrected chi connectivity index (χ1v) is 6.95. The largest absolute Gasteiger partial charge is 0.444 e. The van der Waals surface area contributed by atoms with Crippen molar-refractivity contribution in [3.8, 4) is 0 Å². The van der Waals surface area contributed by atoms with Gasteiger partial charge in [-0.15, -0.1) is 0 Å². The molecule has 0 saturated carbocycles. The van der Waals surface area contributed by atoms with Crippen LogP contribution >= 0.6 is 0 Å². The van der Waals surface area contributed by atoms with E-state index < -0.39 is 23.3 Å². The predicted octanol–water partition coefficient (Wildman–Crippen LogP) is 3.39. The number of nitrogens with zero attached hydrogens (tertiary/aromatic N) is 1. The predicted molar refractivity (Wildman–Crippen MR) is 76.2 cm³/mol. The van der Waals surface area contributed by atoms with Crippen molar-refractivity contribution < 1.29 is 18.3 Å². The smallest absolute Gasteiger partial charge is 0.410 e. The van der Waals surface area contributed by atoms with Crippen LogP contribution in [-0.4, -0.2) is 35.7 Å². The number of ether oxygens (including phenoxy) is 1. The molecule has 1 amide bonds. The average Bonchev–Trinajstić information content (AvgIpc) is 2.80. The van der Waals surface area contributed by atoms with Gasteiger partial charge in [-0.1, -0.05) is 6.07 Å². The molecule has 0 aromatic heterocycles. The van der Waals surface area contributed by atoms with E-state index in [-0.39, 0.29) is 11.7 Å². The molecule has 0 aliphatic carbocycles. The molecule has 1 unspecified atom stereocenters. The van der Waals surface area contributed by atoms with Gasteiger partial charge in [-0.05, 0) is 39.3 Å². The van der Waals surface area contributed by atoms with Crippen LogP contribution in [0.5, 0.6) is 0 Å². The average molecular weight is 298 g/mol. The molecule has 1 saturated heterocycles. The molecule has 1 heterocycles. The van der Waals surface area contributed by atoms with Crippen LogP contribution in [0.1, 0.15) is 27.2 Å². The van der Waals surface area contributed by atoms with E-state index >= 15 is 0 Å². The fourth-order valence-corrected chi connectivity index (χ4v) is 2.21. The Morgan fingerprint density at radius 3 is 2.52 bits per heavy atom. The third-order valence-corrected chi connectivity index (χ3v) is 3.15. The van der Waals surface area contributed by atoms with Crippen LogP contribution < -0.4 is 5.32 Å². The number of likely N-dealkylation sites (tertiary alicyclic amines) is 1. The van der Waals surface area contributed by atoms with Crippen molar-refractivity contribution in [2.24, 2.45) is 0 Å². The number of nitrogens with one attached hydrogen (secondary N) is 1. The molecule has 2 rings (SSSR count). The second-order valence-electron chi connectivity index (χ2n) is 6.15. The number of carbonyl (C=O) groups is 1. The molecule has 1 atom stereocenters. The number of anilines is 1. The van der Waals surface area contributed by atoms with Crippen molar-refractivity contribution in [2.75, 3.05) is 18.4 Å². The van der Waals surface area contributed by atoms with Crippen LogP contribution in [0.2, 0.25) is 0 Å². The molecule has 1 fully saturated rings. The highest BCUT2D eigenvalue weighted by atomic mass is 19.1. The Kier molecular flexibility index (Phi) is 4.34. The van der Waals surface area contributed by atoms with Crippen LogP contribution in [0.15, 0.2) is 18.2 Å². The molecule has 0 bridgehead atoms. The molecule has 1 N–H and O–H groups in total. The Hall–Kier alpha value is -1.85. The second kappa shape index (κ2) is 5.87. The number of para-hydroxylation sites is 1. The van der Waals surface area contributed by atoms with Gasteiger partial charge in [-0.3, -0.25) is 0 Å². The van der Waals surface area contributed by atoms with Gasteiger partial charge in [0.15, 0.2) is 0 Å². The molecule has 1 aromatic carbocycles. The summed E-state index contributed by atoms with van der Waals surface area (Å²) in [6.07, 6.45) is 0.216. The van der Waals surface area contributed by atoms with Gasteiger partial charge in [0.1, 0.15) is 22.9 Å². The zero-order chi connectivity index (χ0) is 15.6. The van der Waals surface area contributed by atoms with Crippen molar-refractivity contribution >= 4 is 11.8 Å². The molecule has 0 spiro atoms. The van der Waals surface area contributed by atoms with Gasteiger partial charge in [-0.2, -0.15) is 0 Å². The number of rotatable bonds is 2. The normalized spacial score (nSPS) is 18.7. The first-order valence-electron chi connectivity index (χ1n) is 6.95. The van der Waals surface area contributed by atoms with Crippen molar-refractivity contribution in [3.63, 3.8) is 0 Å². The summed E-state index contributed by atoms with van der Waals surface area (Å²) >= 11 is 0. The highest BCUT2D eigenvalue weighted by molar-refractivity contribution is 5.68. The zero-order valence-corrected chi connectivity index (χ0v) is 12.5. The van der Waals surface area contributed by atoms with Gasteiger partial charge in [0.25, 0.3) is 0 Å². The minimum Gasteiger partial charge on any atom is -0.444 e. The molecule has 6 heteroatoms. The fourth-order valence-electron chi connectivity index (χ4n) is 2.21. The van der Waals surface area contributed by atoms with Crippen LogP contribution in [0.3, 0.4) is 0 Å². The van der Waals surface area contributed by atoms with Crippen molar-refractivity contribution in [3.05, 3.63) is 29.8 Å². The van der Waals surface area contributed by atoms with Gasteiger partial charge in [0.2, 0.25) is 0 Å². The van der Waals surface area contributed by atoms with Crippen molar-refractivity contribution in [1.29, 1.82) is 0 Å². The van der Waals surface area contributed by atoms with E-state index in [9.17, 15) is 13.6 Å². The molecule has 1 aliphatic heterocycles. The first kappa shape index (κ1) is 15.5. The van der Waals surface area contributed by atoms with E-state index in [1.807, 2.05) is 0 Å². The lowest BCUT2D eigenvalue weighted by atomic mass is 10.2. The van der Waals surface area contributed by atoms with E-state index in [0.29, 0.717) is 19.5 Å². The Morgan fingerprint density at radius 2 is 1.95 bits per heavy atom.